The molecule has 0 radical (unpaired) electrons. The van der Waals surface area contributed by atoms with Gasteiger partial charge in [0.05, 0.1) is 21.2 Å². The zero-order valence-corrected chi connectivity index (χ0v) is 19.3. The van der Waals surface area contributed by atoms with Gasteiger partial charge in [0.1, 0.15) is 5.82 Å². The van der Waals surface area contributed by atoms with Crippen LogP contribution in [0.3, 0.4) is 0 Å². The largest absolute Gasteiger partial charge is 0.294 e. The number of hydrogen-bond donors (Lipinski definition) is 0. The van der Waals surface area contributed by atoms with Gasteiger partial charge in [-0.05, 0) is 29.5 Å². The van der Waals surface area contributed by atoms with Crippen LogP contribution in [0.4, 0.5) is 10.1 Å². The minimum atomic E-state index is -0.914. The number of rotatable bonds is 3. The molecule has 9 heteroatoms. The maximum atomic E-state index is 15.0. The van der Waals surface area contributed by atoms with E-state index in [4.69, 9.17) is 0 Å². The van der Waals surface area contributed by atoms with E-state index in [1.807, 2.05) is 13.8 Å². The molecule has 1 atom stereocenters. The van der Waals surface area contributed by atoms with Gasteiger partial charge in [-0.1, -0.05) is 55.5 Å². The zero-order valence-electron chi connectivity index (χ0n) is 18.4. The third kappa shape index (κ3) is 3.71. The lowest BCUT2D eigenvalue weighted by atomic mass is 9.73. The number of halogens is 1. The number of non-ortho nitro benzene ring substituents is 1. The molecule has 3 aromatic rings. The van der Waals surface area contributed by atoms with Gasteiger partial charge in [-0.2, -0.15) is 0 Å². The van der Waals surface area contributed by atoms with E-state index >= 15 is 0 Å². The second-order valence-electron chi connectivity index (χ2n) is 9.26. The highest BCUT2D eigenvalue weighted by Crippen LogP contribution is 2.43. The fourth-order valence-electron chi connectivity index (χ4n) is 4.62. The molecule has 2 aromatic carbocycles. The Labute approximate surface area is 197 Å². The van der Waals surface area contributed by atoms with Gasteiger partial charge < -0.3 is 0 Å². The normalized spacial score (nSPS) is 19.4. The van der Waals surface area contributed by atoms with Gasteiger partial charge >= 0.3 is 0 Å². The van der Waals surface area contributed by atoms with Gasteiger partial charge in [0.2, 0.25) is 0 Å². The zero-order chi connectivity index (χ0) is 24.2. The van der Waals surface area contributed by atoms with Crippen molar-refractivity contribution in [2.45, 2.75) is 32.7 Å². The van der Waals surface area contributed by atoms with Gasteiger partial charge in [0, 0.05) is 29.7 Å². The Bertz CT molecular complexity index is 1580. The molecule has 0 saturated heterocycles. The highest BCUT2D eigenvalue weighted by molar-refractivity contribution is 7.07. The molecule has 0 spiro atoms. The summed E-state index contributed by atoms with van der Waals surface area (Å²) in [5.41, 5.74) is 0.860. The molecule has 1 unspecified atom stereocenters. The molecule has 0 saturated carbocycles. The van der Waals surface area contributed by atoms with Crippen LogP contribution in [-0.4, -0.2) is 15.3 Å². The van der Waals surface area contributed by atoms with E-state index in [1.54, 1.807) is 36.4 Å². The minimum absolute atomic E-state index is 0.0888. The number of hydrogen-bond acceptors (Lipinski definition) is 6. The van der Waals surface area contributed by atoms with E-state index in [2.05, 4.69) is 4.99 Å². The van der Waals surface area contributed by atoms with Crippen LogP contribution in [0.1, 0.15) is 43.9 Å². The van der Waals surface area contributed by atoms with Crippen molar-refractivity contribution in [3.8, 4) is 0 Å². The first-order valence-electron chi connectivity index (χ1n) is 10.7. The smallest absolute Gasteiger partial charge is 0.271 e. The summed E-state index contributed by atoms with van der Waals surface area (Å²) in [5.74, 6) is -0.650. The van der Waals surface area contributed by atoms with Crippen molar-refractivity contribution in [1.82, 2.24) is 4.57 Å². The van der Waals surface area contributed by atoms with Crippen molar-refractivity contribution < 1.29 is 14.1 Å². The monoisotopic (exact) mass is 477 g/mol. The van der Waals surface area contributed by atoms with Crippen LogP contribution in [0.25, 0.3) is 6.08 Å². The molecule has 34 heavy (non-hydrogen) atoms. The van der Waals surface area contributed by atoms with Crippen LogP contribution in [0.15, 0.2) is 69.6 Å². The fraction of sp³-hybridized carbons (Fsp3) is 0.240. The standard InChI is InChI=1S/C25H20FN3O4S/c1-25(2)12-18-21(19(30)13-25)22(16-8-3-4-9-17(16)26)28-23(31)20(34-24(28)27-18)11-14-6-5-7-15(10-14)29(32)33/h3-11,22H,12-13H2,1-2H3. The summed E-state index contributed by atoms with van der Waals surface area (Å²) in [6.07, 6.45) is 2.38. The number of ketones is 1. The number of aromatic nitrogens is 1. The number of nitrogens with zero attached hydrogens (tertiary/aromatic N) is 3. The summed E-state index contributed by atoms with van der Waals surface area (Å²) >= 11 is 1.12. The lowest BCUT2D eigenvalue weighted by Crippen LogP contribution is -2.42. The lowest BCUT2D eigenvalue weighted by Gasteiger charge is -2.35. The second kappa shape index (κ2) is 7.95. The molecule has 5 rings (SSSR count). The van der Waals surface area contributed by atoms with Crippen LogP contribution in [-0.2, 0) is 4.79 Å². The van der Waals surface area contributed by atoms with Crippen LogP contribution < -0.4 is 14.9 Å². The van der Waals surface area contributed by atoms with Gasteiger partial charge in [-0.3, -0.25) is 24.3 Å². The van der Waals surface area contributed by atoms with E-state index in [0.29, 0.717) is 32.6 Å². The fourth-order valence-corrected chi connectivity index (χ4v) is 5.64. The molecule has 1 aliphatic heterocycles. The molecule has 2 heterocycles. The van der Waals surface area contributed by atoms with Crippen molar-refractivity contribution in [2.75, 3.05) is 0 Å². The molecule has 172 valence electrons. The second-order valence-corrected chi connectivity index (χ2v) is 10.3. The summed E-state index contributed by atoms with van der Waals surface area (Å²) < 4.78 is 16.6. The molecule has 0 N–H and O–H groups in total. The summed E-state index contributed by atoms with van der Waals surface area (Å²) in [5, 5.41) is 11.1. The molecule has 7 nitrogen and oxygen atoms in total. The van der Waals surface area contributed by atoms with Crippen molar-refractivity contribution in [3.05, 3.63) is 107 Å². The van der Waals surface area contributed by atoms with Crippen LogP contribution in [0.5, 0.6) is 0 Å². The van der Waals surface area contributed by atoms with Crippen molar-refractivity contribution in [3.63, 3.8) is 0 Å². The Hall–Kier alpha value is -3.72. The first-order valence-corrected chi connectivity index (χ1v) is 11.5. The first kappa shape index (κ1) is 22.1. The number of nitro benzene ring substituents is 1. The molecule has 0 fully saturated rings. The number of thiazole rings is 1. The Morgan fingerprint density at radius 2 is 1.94 bits per heavy atom. The van der Waals surface area contributed by atoms with E-state index in [-0.39, 0.29) is 28.9 Å². The molecule has 0 bridgehead atoms. The van der Waals surface area contributed by atoms with Crippen LogP contribution >= 0.6 is 11.3 Å². The first-order chi connectivity index (χ1) is 16.1. The summed E-state index contributed by atoms with van der Waals surface area (Å²) in [7, 11) is 0. The Balaban J connectivity index is 1.77. The van der Waals surface area contributed by atoms with E-state index < -0.39 is 22.3 Å². The summed E-state index contributed by atoms with van der Waals surface area (Å²) in [4.78, 5) is 42.4. The number of benzene rings is 2. The lowest BCUT2D eigenvalue weighted by molar-refractivity contribution is -0.384. The maximum Gasteiger partial charge on any atom is 0.271 e. The van der Waals surface area contributed by atoms with E-state index in [9.17, 15) is 24.1 Å². The predicted octanol–water partition coefficient (Wildman–Crippen LogP) is 3.65. The topological polar surface area (TPSA) is 94.6 Å². The van der Waals surface area contributed by atoms with Crippen LogP contribution in [0, 0.1) is 21.3 Å². The minimum Gasteiger partial charge on any atom is -0.294 e. The highest BCUT2D eigenvalue weighted by atomic mass is 32.1. The molecule has 2 aliphatic rings. The Morgan fingerprint density at radius 3 is 2.68 bits per heavy atom. The van der Waals surface area contributed by atoms with E-state index in [0.717, 1.165) is 11.3 Å². The Morgan fingerprint density at radius 1 is 1.18 bits per heavy atom. The SMILES string of the molecule is CC1(C)CC(=O)C2=C(C1)N=c1sc(=Cc3cccc([N+](=O)[O-])c3)c(=O)n1C2c1ccccc1F. The average molecular weight is 478 g/mol. The van der Waals surface area contributed by atoms with Gasteiger partial charge in [-0.15, -0.1) is 0 Å². The summed E-state index contributed by atoms with van der Waals surface area (Å²) in [6.45, 7) is 3.97. The molecular formula is C25H20FN3O4S. The number of Topliss-reactive ketones (excluding diaryl/α,β-unsaturated/α-hetero) is 1. The Kier molecular flexibility index (Phi) is 5.16. The predicted molar refractivity (Wildman–Crippen MR) is 126 cm³/mol. The highest BCUT2D eigenvalue weighted by Gasteiger charge is 2.41. The molecular weight excluding hydrogens is 457 g/mol. The number of nitro groups is 1. The van der Waals surface area contributed by atoms with Gasteiger partial charge in [0.15, 0.2) is 10.6 Å². The third-order valence-electron chi connectivity index (χ3n) is 6.07. The van der Waals surface area contributed by atoms with Crippen molar-refractivity contribution in [2.24, 2.45) is 10.4 Å². The maximum absolute atomic E-state index is 15.0. The summed E-state index contributed by atoms with van der Waals surface area (Å²) in [6, 6.07) is 11.2. The number of fused-ring (bicyclic) bond motifs is 1. The number of carbonyl (C=O) groups is 1. The average Bonchev–Trinajstić information content (AvgIpc) is 3.07. The van der Waals surface area contributed by atoms with Gasteiger partial charge in [-0.25, -0.2) is 9.38 Å². The third-order valence-corrected chi connectivity index (χ3v) is 7.06. The number of allylic oxidation sites excluding steroid dienone is 2. The quantitative estimate of drug-likeness (QED) is 0.425. The molecule has 1 aliphatic carbocycles. The van der Waals surface area contributed by atoms with Crippen molar-refractivity contribution in [1.29, 1.82) is 0 Å². The van der Waals surface area contributed by atoms with Crippen LogP contribution in [0.2, 0.25) is 0 Å². The van der Waals surface area contributed by atoms with Crippen molar-refractivity contribution >= 4 is 28.9 Å². The number of carbonyl (C=O) groups excluding carboxylic acids is 1. The van der Waals surface area contributed by atoms with Gasteiger partial charge in [0.25, 0.3) is 11.2 Å². The van der Waals surface area contributed by atoms with E-state index in [1.165, 1.54) is 22.8 Å². The molecule has 1 aromatic heterocycles. The molecule has 0 amide bonds.